The lowest BCUT2D eigenvalue weighted by Gasteiger charge is -2.03. The van der Waals surface area contributed by atoms with E-state index in [1.54, 1.807) is 30.1 Å². The molecule has 0 fully saturated rings. The van der Waals surface area contributed by atoms with Crippen LogP contribution in [0.2, 0.25) is 0 Å². The number of benzene rings is 1. The van der Waals surface area contributed by atoms with E-state index in [0.29, 0.717) is 12.3 Å². The highest BCUT2D eigenvalue weighted by Crippen LogP contribution is 2.21. The van der Waals surface area contributed by atoms with E-state index in [1.807, 2.05) is 6.07 Å². The Morgan fingerprint density at radius 1 is 1.17 bits per heavy atom. The number of hydrogen-bond acceptors (Lipinski definition) is 4. The van der Waals surface area contributed by atoms with Crippen molar-refractivity contribution in [1.29, 1.82) is 0 Å². The first-order valence-corrected chi connectivity index (χ1v) is 6.66. The van der Waals surface area contributed by atoms with Gasteiger partial charge >= 0.3 is 0 Å². The highest BCUT2D eigenvalue weighted by atomic mass is 32.2. The first-order valence-electron chi connectivity index (χ1n) is 5.67. The maximum Gasteiger partial charge on any atom is 0.138 e. The Balaban J connectivity index is 1.97. The van der Waals surface area contributed by atoms with E-state index in [-0.39, 0.29) is 5.82 Å². The van der Waals surface area contributed by atoms with Gasteiger partial charge in [0.2, 0.25) is 0 Å². The van der Waals surface area contributed by atoms with E-state index >= 15 is 0 Å². The summed E-state index contributed by atoms with van der Waals surface area (Å²) in [4.78, 5) is 9.62. The van der Waals surface area contributed by atoms with E-state index in [2.05, 4.69) is 9.97 Å². The molecule has 0 spiro atoms. The summed E-state index contributed by atoms with van der Waals surface area (Å²) < 4.78 is 12.7. The van der Waals surface area contributed by atoms with Crippen LogP contribution in [-0.2, 0) is 12.2 Å². The fourth-order valence-corrected chi connectivity index (χ4v) is 2.24. The molecule has 0 aliphatic heterocycles. The van der Waals surface area contributed by atoms with Crippen molar-refractivity contribution >= 4 is 11.8 Å². The van der Waals surface area contributed by atoms with E-state index in [1.165, 1.54) is 12.1 Å². The summed E-state index contributed by atoms with van der Waals surface area (Å²) in [7, 11) is 0. The molecule has 0 radical (unpaired) electrons. The number of nitrogens with zero attached hydrogens (tertiary/aromatic N) is 2. The number of thioether (sulfide) groups is 1. The molecule has 3 nitrogen and oxygen atoms in total. The van der Waals surface area contributed by atoms with Crippen LogP contribution in [0.3, 0.4) is 0 Å². The Morgan fingerprint density at radius 3 is 2.67 bits per heavy atom. The van der Waals surface area contributed by atoms with Crippen molar-refractivity contribution in [2.75, 3.05) is 6.54 Å². The molecular formula is C13H14FN3S. The molecular weight excluding hydrogens is 249 g/mol. The number of aromatic nitrogens is 2. The molecule has 1 aromatic heterocycles. The zero-order chi connectivity index (χ0) is 12.8. The molecule has 94 valence electrons. The number of hydrogen-bond donors (Lipinski definition) is 1. The number of nitrogens with two attached hydrogens (primary N) is 1. The van der Waals surface area contributed by atoms with Crippen LogP contribution in [0, 0.1) is 5.82 Å². The van der Waals surface area contributed by atoms with Gasteiger partial charge in [0.05, 0.1) is 5.75 Å². The maximum absolute atomic E-state index is 12.7. The zero-order valence-electron chi connectivity index (χ0n) is 9.84. The van der Waals surface area contributed by atoms with Gasteiger partial charge in [-0.3, -0.25) is 0 Å². The quantitative estimate of drug-likeness (QED) is 0.842. The molecule has 0 aliphatic rings. The third-order valence-electron chi connectivity index (χ3n) is 2.35. The minimum atomic E-state index is -0.222. The molecule has 2 rings (SSSR count). The van der Waals surface area contributed by atoms with Crippen molar-refractivity contribution in [2.45, 2.75) is 17.1 Å². The summed E-state index contributed by atoms with van der Waals surface area (Å²) in [6, 6.07) is 8.29. The van der Waals surface area contributed by atoms with Crippen LogP contribution in [0.1, 0.15) is 11.5 Å². The van der Waals surface area contributed by atoms with E-state index < -0.39 is 0 Å². The van der Waals surface area contributed by atoms with Crippen molar-refractivity contribution in [1.82, 2.24) is 9.97 Å². The average molecular weight is 263 g/mol. The fourth-order valence-electron chi connectivity index (χ4n) is 1.48. The minimum absolute atomic E-state index is 0.222. The summed E-state index contributed by atoms with van der Waals surface area (Å²) in [5.41, 5.74) is 6.45. The molecule has 0 unspecified atom stereocenters. The van der Waals surface area contributed by atoms with Gasteiger partial charge in [-0.2, -0.15) is 0 Å². The van der Waals surface area contributed by atoms with Crippen LogP contribution < -0.4 is 5.73 Å². The molecule has 0 atom stereocenters. The van der Waals surface area contributed by atoms with Gasteiger partial charge in [0, 0.05) is 23.2 Å². The second-order valence-electron chi connectivity index (χ2n) is 3.75. The molecule has 0 amide bonds. The van der Waals surface area contributed by atoms with E-state index in [4.69, 9.17) is 5.73 Å². The minimum Gasteiger partial charge on any atom is -0.330 e. The first kappa shape index (κ1) is 13.0. The highest BCUT2D eigenvalue weighted by Gasteiger charge is 2.01. The first-order chi connectivity index (χ1) is 8.78. The van der Waals surface area contributed by atoms with Crippen LogP contribution in [0.5, 0.6) is 0 Å². The van der Waals surface area contributed by atoms with Gasteiger partial charge < -0.3 is 5.73 Å². The van der Waals surface area contributed by atoms with Gasteiger partial charge in [-0.05, 0) is 36.9 Å². The Bertz CT molecular complexity index is 502. The topological polar surface area (TPSA) is 51.8 Å². The van der Waals surface area contributed by atoms with Crippen molar-refractivity contribution in [2.24, 2.45) is 5.73 Å². The van der Waals surface area contributed by atoms with E-state index in [0.717, 1.165) is 22.8 Å². The Kier molecular flexibility index (Phi) is 4.66. The second kappa shape index (κ2) is 6.47. The van der Waals surface area contributed by atoms with Gasteiger partial charge in [0.15, 0.2) is 0 Å². The third-order valence-corrected chi connectivity index (χ3v) is 3.35. The molecule has 0 aliphatic carbocycles. The predicted molar refractivity (Wildman–Crippen MR) is 70.8 cm³/mol. The second-order valence-corrected chi connectivity index (χ2v) is 4.79. The molecule has 1 aromatic carbocycles. The number of halogens is 1. The third kappa shape index (κ3) is 3.78. The lowest BCUT2D eigenvalue weighted by atomic mass is 10.3. The lowest BCUT2D eigenvalue weighted by molar-refractivity contribution is 0.626. The summed E-state index contributed by atoms with van der Waals surface area (Å²) in [6.07, 6.45) is 2.51. The molecule has 0 saturated carbocycles. The van der Waals surface area contributed by atoms with Crippen molar-refractivity contribution < 1.29 is 4.39 Å². The van der Waals surface area contributed by atoms with Crippen LogP contribution in [0.4, 0.5) is 4.39 Å². The standard InChI is InChI=1S/C13H14FN3S/c14-10-1-3-12(4-2-10)18-9-13-16-8-6-11(17-13)5-7-15/h1-4,6,8H,5,7,9,15H2. The van der Waals surface area contributed by atoms with Gasteiger partial charge in [0.25, 0.3) is 0 Å². The SMILES string of the molecule is NCCc1ccnc(CSc2ccc(F)cc2)n1. The monoisotopic (exact) mass is 263 g/mol. The normalized spacial score (nSPS) is 10.6. The van der Waals surface area contributed by atoms with Crippen molar-refractivity contribution in [3.8, 4) is 0 Å². The Hall–Kier alpha value is -1.46. The largest absolute Gasteiger partial charge is 0.330 e. The summed E-state index contributed by atoms with van der Waals surface area (Å²) >= 11 is 1.59. The molecule has 0 bridgehead atoms. The Labute approximate surface area is 110 Å². The van der Waals surface area contributed by atoms with Crippen molar-refractivity contribution in [3.63, 3.8) is 0 Å². The van der Waals surface area contributed by atoms with Crippen LogP contribution >= 0.6 is 11.8 Å². The molecule has 2 aromatic rings. The Morgan fingerprint density at radius 2 is 1.94 bits per heavy atom. The van der Waals surface area contributed by atoms with Crippen LogP contribution in [-0.4, -0.2) is 16.5 Å². The maximum atomic E-state index is 12.7. The summed E-state index contributed by atoms with van der Waals surface area (Å²) in [6.45, 7) is 0.585. The van der Waals surface area contributed by atoms with Crippen LogP contribution in [0.25, 0.3) is 0 Å². The summed E-state index contributed by atoms with van der Waals surface area (Å²) in [5, 5.41) is 0. The van der Waals surface area contributed by atoms with Gasteiger partial charge in [0.1, 0.15) is 11.6 Å². The number of rotatable bonds is 5. The van der Waals surface area contributed by atoms with Gasteiger partial charge in [-0.15, -0.1) is 11.8 Å². The highest BCUT2D eigenvalue weighted by molar-refractivity contribution is 7.98. The van der Waals surface area contributed by atoms with E-state index in [9.17, 15) is 4.39 Å². The van der Waals surface area contributed by atoms with Crippen molar-refractivity contribution in [3.05, 3.63) is 53.9 Å². The zero-order valence-corrected chi connectivity index (χ0v) is 10.7. The summed E-state index contributed by atoms with van der Waals surface area (Å²) in [5.74, 6) is 1.22. The fraction of sp³-hybridized carbons (Fsp3) is 0.231. The van der Waals surface area contributed by atoms with Gasteiger partial charge in [-0.1, -0.05) is 0 Å². The molecule has 18 heavy (non-hydrogen) atoms. The molecule has 5 heteroatoms. The molecule has 0 saturated heterocycles. The molecule has 2 N–H and O–H groups in total. The van der Waals surface area contributed by atoms with Gasteiger partial charge in [-0.25, -0.2) is 14.4 Å². The lowest BCUT2D eigenvalue weighted by Crippen LogP contribution is -2.06. The van der Waals surface area contributed by atoms with Crippen LogP contribution in [0.15, 0.2) is 41.4 Å². The smallest absolute Gasteiger partial charge is 0.138 e. The average Bonchev–Trinajstić information content (AvgIpc) is 2.39. The predicted octanol–water partition coefficient (Wildman–Crippen LogP) is 2.41. The molecule has 1 heterocycles.